The first-order valence-electron chi connectivity index (χ1n) is 10.0. The monoisotopic (exact) mass is 469 g/mol. The fraction of sp³-hybridized carbons (Fsp3) is 0.167. The summed E-state index contributed by atoms with van der Waals surface area (Å²) in [4.78, 5) is 12.6. The smallest absolute Gasteiger partial charge is 0.264 e. The normalized spacial score (nSPS) is 11.6. The zero-order valence-corrected chi connectivity index (χ0v) is 19.3. The minimum atomic E-state index is -3.97. The zero-order chi connectivity index (χ0) is 23.1. The first kappa shape index (κ1) is 23.5. The van der Waals surface area contributed by atoms with Crippen LogP contribution >= 0.6 is 11.6 Å². The van der Waals surface area contributed by atoms with E-state index in [1.54, 1.807) is 42.5 Å². The standard InChI is InChI=1S/C24H24ClN3O3S/c1-18(2)20-10-8-19(9-11-20)16-26-27-24(29)17-28(22-14-12-21(25)13-15-22)32(30,31)23-6-4-3-5-7-23/h3-16,18H,17H2,1-2H3,(H,27,29)/b26-16-. The molecular weight excluding hydrogens is 446 g/mol. The molecule has 1 N–H and O–H groups in total. The number of benzene rings is 3. The van der Waals surface area contributed by atoms with Crippen molar-refractivity contribution in [3.8, 4) is 0 Å². The van der Waals surface area contributed by atoms with Crippen LogP contribution in [0, 0.1) is 0 Å². The van der Waals surface area contributed by atoms with E-state index in [0.717, 1.165) is 9.87 Å². The molecule has 0 heterocycles. The van der Waals surface area contributed by atoms with Crippen molar-refractivity contribution in [2.24, 2.45) is 5.10 Å². The molecule has 8 heteroatoms. The van der Waals surface area contributed by atoms with E-state index in [4.69, 9.17) is 11.6 Å². The number of carbonyl (C=O) groups excluding carboxylic acids is 1. The van der Waals surface area contributed by atoms with E-state index >= 15 is 0 Å². The predicted octanol–water partition coefficient (Wildman–Crippen LogP) is 4.81. The van der Waals surface area contributed by atoms with Crippen molar-refractivity contribution in [1.82, 2.24) is 5.43 Å². The maximum Gasteiger partial charge on any atom is 0.264 e. The van der Waals surface area contributed by atoms with E-state index in [-0.39, 0.29) is 4.90 Å². The second-order valence-electron chi connectivity index (χ2n) is 7.42. The Bertz CT molecular complexity index is 1180. The van der Waals surface area contributed by atoms with Gasteiger partial charge in [0, 0.05) is 5.02 Å². The highest BCUT2D eigenvalue weighted by Gasteiger charge is 2.27. The van der Waals surface area contributed by atoms with Gasteiger partial charge in [-0.1, -0.05) is 67.9 Å². The Morgan fingerprint density at radius 3 is 2.22 bits per heavy atom. The Morgan fingerprint density at radius 2 is 1.62 bits per heavy atom. The molecule has 0 aliphatic rings. The Balaban J connectivity index is 1.77. The average molecular weight is 470 g/mol. The van der Waals surface area contributed by atoms with Crippen molar-refractivity contribution < 1.29 is 13.2 Å². The molecule has 0 unspecified atom stereocenters. The molecule has 0 aliphatic carbocycles. The van der Waals surface area contributed by atoms with Crippen molar-refractivity contribution in [3.63, 3.8) is 0 Å². The van der Waals surface area contributed by atoms with Gasteiger partial charge in [-0.15, -0.1) is 0 Å². The van der Waals surface area contributed by atoms with Gasteiger partial charge in [-0.2, -0.15) is 5.10 Å². The van der Waals surface area contributed by atoms with E-state index in [1.165, 1.54) is 23.9 Å². The molecule has 0 spiro atoms. The van der Waals surface area contributed by atoms with Gasteiger partial charge in [0.1, 0.15) is 6.54 Å². The van der Waals surface area contributed by atoms with Gasteiger partial charge in [-0.3, -0.25) is 9.10 Å². The van der Waals surface area contributed by atoms with Crippen LogP contribution in [0.25, 0.3) is 0 Å². The summed E-state index contributed by atoms with van der Waals surface area (Å²) in [7, 11) is -3.97. The van der Waals surface area contributed by atoms with Crippen LogP contribution < -0.4 is 9.73 Å². The zero-order valence-electron chi connectivity index (χ0n) is 17.8. The second-order valence-corrected chi connectivity index (χ2v) is 9.71. The molecule has 166 valence electrons. The fourth-order valence-corrected chi connectivity index (χ4v) is 4.52. The summed E-state index contributed by atoms with van der Waals surface area (Å²) in [5.74, 6) is -0.152. The lowest BCUT2D eigenvalue weighted by atomic mass is 10.0. The van der Waals surface area contributed by atoms with Gasteiger partial charge in [0.15, 0.2) is 0 Å². The predicted molar refractivity (Wildman–Crippen MR) is 129 cm³/mol. The maximum absolute atomic E-state index is 13.2. The van der Waals surface area contributed by atoms with Gasteiger partial charge in [-0.05, 0) is 53.4 Å². The van der Waals surface area contributed by atoms with Gasteiger partial charge < -0.3 is 0 Å². The summed E-state index contributed by atoms with van der Waals surface area (Å²) in [6.07, 6.45) is 1.51. The summed E-state index contributed by atoms with van der Waals surface area (Å²) in [6.45, 7) is 3.78. The molecule has 0 aromatic heterocycles. The molecule has 0 saturated carbocycles. The maximum atomic E-state index is 13.2. The highest BCUT2D eigenvalue weighted by atomic mass is 35.5. The molecule has 32 heavy (non-hydrogen) atoms. The highest BCUT2D eigenvalue weighted by molar-refractivity contribution is 7.92. The number of sulfonamides is 1. The number of rotatable bonds is 8. The van der Waals surface area contributed by atoms with Crippen molar-refractivity contribution >= 4 is 39.4 Å². The first-order valence-corrected chi connectivity index (χ1v) is 11.8. The van der Waals surface area contributed by atoms with E-state index in [0.29, 0.717) is 16.6 Å². The topological polar surface area (TPSA) is 78.8 Å². The van der Waals surface area contributed by atoms with Crippen LogP contribution in [-0.2, 0) is 14.8 Å². The van der Waals surface area contributed by atoms with E-state index < -0.39 is 22.5 Å². The summed E-state index contributed by atoms with van der Waals surface area (Å²) < 4.78 is 27.4. The fourth-order valence-electron chi connectivity index (χ4n) is 2.95. The minimum absolute atomic E-state index is 0.0801. The van der Waals surface area contributed by atoms with Crippen LogP contribution in [0.1, 0.15) is 30.9 Å². The van der Waals surface area contributed by atoms with Gasteiger partial charge in [0.25, 0.3) is 15.9 Å². The minimum Gasteiger partial charge on any atom is -0.271 e. The molecular formula is C24H24ClN3O3S. The molecule has 6 nitrogen and oxygen atoms in total. The molecule has 3 rings (SSSR count). The lowest BCUT2D eigenvalue weighted by molar-refractivity contribution is -0.119. The van der Waals surface area contributed by atoms with Gasteiger partial charge in [0.05, 0.1) is 16.8 Å². The van der Waals surface area contributed by atoms with E-state index in [9.17, 15) is 13.2 Å². The summed E-state index contributed by atoms with van der Waals surface area (Å²) >= 11 is 5.94. The molecule has 0 aliphatic heterocycles. The van der Waals surface area contributed by atoms with Crippen molar-refractivity contribution in [3.05, 3.63) is 95.0 Å². The molecule has 3 aromatic carbocycles. The van der Waals surface area contributed by atoms with Crippen LogP contribution in [0.3, 0.4) is 0 Å². The second kappa shape index (κ2) is 10.4. The number of amides is 1. The Labute approximate surface area is 193 Å². The summed E-state index contributed by atoms with van der Waals surface area (Å²) in [6, 6.07) is 22.0. The Kier molecular flexibility index (Phi) is 7.66. The van der Waals surface area contributed by atoms with Crippen LogP contribution in [-0.4, -0.2) is 27.1 Å². The Morgan fingerprint density at radius 1 is 1.00 bits per heavy atom. The van der Waals surface area contributed by atoms with Crippen LogP contribution in [0.4, 0.5) is 5.69 Å². The first-order chi connectivity index (χ1) is 15.3. The quantitative estimate of drug-likeness (QED) is 0.380. The van der Waals surface area contributed by atoms with Crippen LogP contribution in [0.5, 0.6) is 0 Å². The molecule has 0 bridgehead atoms. The number of hydrogen-bond donors (Lipinski definition) is 1. The van der Waals surface area contributed by atoms with Crippen LogP contribution in [0.2, 0.25) is 5.02 Å². The van der Waals surface area contributed by atoms with Gasteiger partial charge in [-0.25, -0.2) is 13.8 Å². The number of hydrazone groups is 1. The number of halogens is 1. The van der Waals surface area contributed by atoms with Gasteiger partial charge in [0.2, 0.25) is 0 Å². The third kappa shape index (κ3) is 5.96. The van der Waals surface area contributed by atoms with Crippen LogP contribution in [0.15, 0.2) is 88.9 Å². The largest absolute Gasteiger partial charge is 0.271 e. The molecule has 0 radical (unpaired) electrons. The van der Waals surface area contributed by atoms with Crippen molar-refractivity contribution in [1.29, 1.82) is 0 Å². The molecule has 3 aromatic rings. The number of hydrogen-bond acceptors (Lipinski definition) is 4. The third-order valence-corrected chi connectivity index (χ3v) is 6.78. The summed E-state index contributed by atoms with van der Waals surface area (Å²) in [5, 5.41) is 4.43. The third-order valence-electron chi connectivity index (χ3n) is 4.74. The summed E-state index contributed by atoms with van der Waals surface area (Å²) in [5.41, 5.74) is 4.75. The molecule has 0 atom stereocenters. The molecule has 1 amide bonds. The van der Waals surface area contributed by atoms with E-state index in [2.05, 4.69) is 24.4 Å². The number of anilines is 1. The Hall–Kier alpha value is -3.16. The van der Waals surface area contributed by atoms with E-state index in [1.807, 2.05) is 24.3 Å². The number of nitrogens with one attached hydrogen (secondary N) is 1. The molecule has 0 saturated heterocycles. The SMILES string of the molecule is CC(C)c1ccc(/C=N\NC(=O)CN(c2ccc(Cl)cc2)S(=O)(=O)c2ccccc2)cc1. The molecule has 0 fully saturated rings. The van der Waals surface area contributed by atoms with Crippen molar-refractivity contribution in [2.75, 3.05) is 10.8 Å². The lowest BCUT2D eigenvalue weighted by Gasteiger charge is -2.23. The lowest BCUT2D eigenvalue weighted by Crippen LogP contribution is -2.39. The number of nitrogens with zero attached hydrogens (tertiary/aromatic N) is 2. The highest BCUT2D eigenvalue weighted by Crippen LogP contribution is 2.25. The number of carbonyl (C=O) groups is 1. The van der Waals surface area contributed by atoms with Gasteiger partial charge >= 0.3 is 0 Å². The average Bonchev–Trinajstić information content (AvgIpc) is 2.79. The van der Waals surface area contributed by atoms with Crippen molar-refractivity contribution in [2.45, 2.75) is 24.7 Å².